The van der Waals surface area contributed by atoms with Crippen LogP contribution in [0.3, 0.4) is 0 Å². The van der Waals surface area contributed by atoms with Crippen molar-refractivity contribution in [3.63, 3.8) is 0 Å². The molecule has 3 heterocycles. The number of ether oxygens (including phenoxy) is 1. The number of hydrogen-bond acceptors (Lipinski definition) is 6. The molecule has 0 aliphatic carbocycles. The summed E-state index contributed by atoms with van der Waals surface area (Å²) in [6.45, 7) is 2.16. The van der Waals surface area contributed by atoms with E-state index in [9.17, 15) is 8.78 Å². The topological polar surface area (TPSA) is 73.4 Å². The highest BCUT2D eigenvalue weighted by atomic mass is 32.2. The standard InChI is InChI=1S/C17H16F2N4OS/c1-9-13-6-25-16(20)23-17(13,7-24-9)12-2-11(14(18)3-15(12)19)10-4-21-8-22-5-10/h2-5,8-9,13H,6-7H2,1H3,(H2,20,23)/t9-,13-,17-/m1/s1. The van der Waals surface area contributed by atoms with Crippen molar-refractivity contribution in [2.45, 2.75) is 18.6 Å². The third-order valence-electron chi connectivity index (χ3n) is 4.86. The summed E-state index contributed by atoms with van der Waals surface area (Å²) < 4.78 is 34.9. The number of aliphatic imine (C=N–C) groups is 1. The number of aromatic nitrogens is 2. The second kappa shape index (κ2) is 6.03. The van der Waals surface area contributed by atoms with Gasteiger partial charge in [-0.25, -0.2) is 23.7 Å². The van der Waals surface area contributed by atoms with Gasteiger partial charge < -0.3 is 10.5 Å². The van der Waals surface area contributed by atoms with Crippen LogP contribution in [-0.2, 0) is 10.3 Å². The number of nitrogens with two attached hydrogens (primary N) is 1. The average Bonchev–Trinajstić information content (AvgIpc) is 2.92. The first kappa shape index (κ1) is 16.4. The summed E-state index contributed by atoms with van der Waals surface area (Å²) in [4.78, 5) is 12.4. The minimum Gasteiger partial charge on any atom is -0.379 e. The molecule has 0 bridgehead atoms. The Morgan fingerprint density at radius 2 is 2.00 bits per heavy atom. The van der Waals surface area contributed by atoms with Gasteiger partial charge in [-0.1, -0.05) is 11.8 Å². The molecule has 2 aliphatic heterocycles. The van der Waals surface area contributed by atoms with Crippen molar-refractivity contribution in [3.05, 3.63) is 48.1 Å². The fraction of sp³-hybridized carbons (Fsp3) is 0.353. The third-order valence-corrected chi connectivity index (χ3v) is 5.77. The lowest BCUT2D eigenvalue weighted by Crippen LogP contribution is -2.41. The molecule has 5 nitrogen and oxygen atoms in total. The lowest BCUT2D eigenvalue weighted by molar-refractivity contribution is 0.107. The average molecular weight is 362 g/mol. The Labute approximate surface area is 147 Å². The second-order valence-electron chi connectivity index (χ2n) is 6.25. The molecule has 3 atom stereocenters. The van der Waals surface area contributed by atoms with Crippen molar-refractivity contribution < 1.29 is 13.5 Å². The van der Waals surface area contributed by atoms with Crippen molar-refractivity contribution >= 4 is 16.9 Å². The Kier molecular flexibility index (Phi) is 3.96. The summed E-state index contributed by atoms with van der Waals surface area (Å²) in [5, 5.41) is 0.391. The fourth-order valence-corrected chi connectivity index (χ4v) is 4.66. The highest BCUT2D eigenvalue weighted by molar-refractivity contribution is 8.13. The van der Waals surface area contributed by atoms with Gasteiger partial charge in [-0.15, -0.1) is 0 Å². The summed E-state index contributed by atoms with van der Waals surface area (Å²) in [6.07, 6.45) is 4.25. The lowest BCUT2D eigenvalue weighted by Gasteiger charge is -2.35. The molecule has 1 aromatic carbocycles. The summed E-state index contributed by atoms with van der Waals surface area (Å²) >= 11 is 1.43. The van der Waals surface area contributed by atoms with Crippen LogP contribution >= 0.6 is 11.8 Å². The first-order valence-electron chi connectivity index (χ1n) is 7.86. The van der Waals surface area contributed by atoms with E-state index >= 15 is 0 Å². The van der Waals surface area contributed by atoms with E-state index in [1.54, 1.807) is 0 Å². The molecule has 2 aromatic rings. The zero-order valence-electron chi connectivity index (χ0n) is 13.4. The van der Waals surface area contributed by atoms with E-state index < -0.39 is 17.2 Å². The highest BCUT2D eigenvalue weighted by Crippen LogP contribution is 2.48. The summed E-state index contributed by atoms with van der Waals surface area (Å²) in [5.74, 6) is -0.677. The van der Waals surface area contributed by atoms with Crippen molar-refractivity contribution in [1.82, 2.24) is 9.97 Å². The quantitative estimate of drug-likeness (QED) is 0.889. The van der Waals surface area contributed by atoms with E-state index in [1.165, 1.54) is 36.5 Å². The minimum atomic E-state index is -0.934. The van der Waals surface area contributed by atoms with E-state index in [4.69, 9.17) is 10.5 Å². The second-order valence-corrected chi connectivity index (χ2v) is 7.29. The van der Waals surface area contributed by atoms with Crippen LogP contribution < -0.4 is 5.73 Å². The number of halogens is 2. The molecule has 0 saturated carbocycles. The maximum absolute atomic E-state index is 14.8. The van der Waals surface area contributed by atoms with Crippen LogP contribution in [0, 0.1) is 17.6 Å². The van der Waals surface area contributed by atoms with E-state index in [2.05, 4.69) is 15.0 Å². The SMILES string of the molecule is C[C@H]1OC[C@]2(c3cc(-c4cncnc4)c(F)cc3F)N=C(N)SC[C@H]12. The molecule has 1 aromatic heterocycles. The number of fused-ring (bicyclic) bond motifs is 1. The number of nitrogens with zero attached hydrogens (tertiary/aromatic N) is 3. The Bertz CT molecular complexity index is 848. The smallest absolute Gasteiger partial charge is 0.154 e. The van der Waals surface area contributed by atoms with Crippen molar-refractivity contribution in [3.8, 4) is 11.1 Å². The van der Waals surface area contributed by atoms with E-state index in [-0.39, 0.29) is 24.2 Å². The highest BCUT2D eigenvalue weighted by Gasteiger charge is 2.52. The first-order chi connectivity index (χ1) is 12.0. The van der Waals surface area contributed by atoms with Gasteiger partial charge in [0.25, 0.3) is 0 Å². The lowest BCUT2D eigenvalue weighted by atomic mass is 9.78. The number of hydrogen-bond donors (Lipinski definition) is 1. The summed E-state index contributed by atoms with van der Waals surface area (Å²) in [5.41, 5.74) is 6.00. The number of rotatable bonds is 2. The van der Waals surface area contributed by atoms with Gasteiger partial charge in [-0.3, -0.25) is 0 Å². The zero-order valence-corrected chi connectivity index (χ0v) is 14.3. The molecule has 4 rings (SSSR count). The van der Waals surface area contributed by atoms with Crippen LogP contribution in [0.1, 0.15) is 12.5 Å². The zero-order chi connectivity index (χ0) is 17.6. The maximum Gasteiger partial charge on any atom is 0.154 e. The minimum absolute atomic E-state index is 0.0374. The van der Waals surface area contributed by atoms with Crippen molar-refractivity contribution in [2.75, 3.05) is 12.4 Å². The summed E-state index contributed by atoms with van der Waals surface area (Å²) in [6, 6.07) is 2.38. The predicted octanol–water partition coefficient (Wildman–Crippen LogP) is 2.71. The van der Waals surface area contributed by atoms with Crippen LogP contribution in [0.15, 0.2) is 35.8 Å². The van der Waals surface area contributed by atoms with Gasteiger partial charge in [-0.05, 0) is 13.0 Å². The Hall–Kier alpha value is -2.06. The van der Waals surface area contributed by atoms with Crippen molar-refractivity contribution in [1.29, 1.82) is 0 Å². The van der Waals surface area contributed by atoms with E-state index in [0.717, 1.165) is 6.07 Å². The van der Waals surface area contributed by atoms with Crippen LogP contribution in [0.25, 0.3) is 11.1 Å². The molecule has 2 aliphatic rings. The van der Waals surface area contributed by atoms with Crippen LogP contribution in [0.5, 0.6) is 0 Å². The molecule has 130 valence electrons. The Morgan fingerprint density at radius 1 is 1.24 bits per heavy atom. The first-order valence-corrected chi connectivity index (χ1v) is 8.84. The molecule has 8 heteroatoms. The molecule has 0 amide bonds. The molecular weight excluding hydrogens is 346 g/mol. The van der Waals surface area contributed by atoms with Gasteiger partial charge in [0.1, 0.15) is 23.5 Å². The number of thioether (sulfide) groups is 1. The molecular formula is C17H16F2N4OS. The molecule has 2 N–H and O–H groups in total. The largest absolute Gasteiger partial charge is 0.379 e. The molecule has 1 saturated heterocycles. The van der Waals surface area contributed by atoms with Gasteiger partial charge in [0, 0.05) is 46.8 Å². The molecule has 0 unspecified atom stereocenters. The number of benzene rings is 1. The maximum atomic E-state index is 14.8. The van der Waals surface area contributed by atoms with Crippen LogP contribution in [-0.4, -0.2) is 33.6 Å². The van der Waals surface area contributed by atoms with Crippen LogP contribution in [0.4, 0.5) is 8.78 Å². The summed E-state index contributed by atoms with van der Waals surface area (Å²) in [7, 11) is 0. The van der Waals surface area contributed by atoms with E-state index in [1.807, 2.05) is 6.92 Å². The monoisotopic (exact) mass is 362 g/mol. The molecule has 0 radical (unpaired) electrons. The third kappa shape index (κ3) is 2.60. The molecule has 25 heavy (non-hydrogen) atoms. The molecule has 0 spiro atoms. The van der Waals surface area contributed by atoms with Gasteiger partial charge >= 0.3 is 0 Å². The Balaban J connectivity index is 1.92. The van der Waals surface area contributed by atoms with E-state index in [0.29, 0.717) is 22.0 Å². The normalized spacial score (nSPS) is 28.5. The van der Waals surface area contributed by atoms with Crippen LogP contribution in [0.2, 0.25) is 0 Å². The van der Waals surface area contributed by atoms with Gasteiger partial charge in [-0.2, -0.15) is 0 Å². The molecule has 1 fully saturated rings. The van der Waals surface area contributed by atoms with Gasteiger partial charge in [0.15, 0.2) is 5.17 Å². The van der Waals surface area contributed by atoms with Crippen molar-refractivity contribution in [2.24, 2.45) is 16.6 Å². The van der Waals surface area contributed by atoms with Gasteiger partial charge in [0.05, 0.1) is 12.7 Å². The van der Waals surface area contributed by atoms with Gasteiger partial charge in [0.2, 0.25) is 0 Å². The predicted molar refractivity (Wildman–Crippen MR) is 92.0 cm³/mol. The fourth-order valence-electron chi connectivity index (χ4n) is 3.54. The number of amidine groups is 1. The Morgan fingerprint density at radius 3 is 2.76 bits per heavy atom.